The van der Waals surface area contributed by atoms with Gasteiger partial charge in [0.25, 0.3) is 5.69 Å². The van der Waals surface area contributed by atoms with Crippen molar-refractivity contribution in [1.29, 1.82) is 0 Å². The minimum absolute atomic E-state index is 0.0132. The number of amides is 2. The van der Waals surface area contributed by atoms with Gasteiger partial charge < -0.3 is 10.2 Å². The van der Waals surface area contributed by atoms with Crippen LogP contribution in [0.4, 0.5) is 11.4 Å². The molecule has 1 fully saturated rings. The van der Waals surface area contributed by atoms with Crippen LogP contribution in [0.15, 0.2) is 48.5 Å². The Morgan fingerprint density at radius 1 is 1.19 bits per heavy atom. The summed E-state index contributed by atoms with van der Waals surface area (Å²) in [6.07, 6.45) is 1.53. The minimum Gasteiger partial charge on any atom is -0.343 e. The lowest BCUT2D eigenvalue weighted by Gasteiger charge is -2.39. The number of hydrogen-bond donors (Lipinski definition) is 1. The number of piperidine rings is 1. The maximum absolute atomic E-state index is 13.3. The fourth-order valence-electron chi connectivity index (χ4n) is 3.89. The van der Waals surface area contributed by atoms with Gasteiger partial charge in [-0.1, -0.05) is 41.9 Å². The van der Waals surface area contributed by atoms with Crippen LogP contribution in [-0.4, -0.2) is 52.7 Å². The van der Waals surface area contributed by atoms with E-state index in [-0.39, 0.29) is 28.6 Å². The molecule has 2 aromatic carbocycles. The number of nitrogens with one attached hydrogen (secondary N) is 1. The molecule has 0 spiro atoms. The van der Waals surface area contributed by atoms with Gasteiger partial charge in [-0.3, -0.25) is 24.6 Å². The number of nitro benzene ring substituents is 1. The Balaban J connectivity index is 1.81. The second-order valence-electron chi connectivity index (χ2n) is 7.62. The Kier molecular flexibility index (Phi) is 7.25. The Hall–Kier alpha value is -2.97. The number of benzene rings is 2. The lowest BCUT2D eigenvalue weighted by molar-refractivity contribution is -0.384. The molecule has 3 rings (SSSR count). The topological polar surface area (TPSA) is 95.8 Å². The lowest BCUT2D eigenvalue weighted by atomic mass is 9.97. The van der Waals surface area contributed by atoms with Crippen LogP contribution in [-0.2, 0) is 9.59 Å². The molecule has 1 aliphatic rings. The highest BCUT2D eigenvalue weighted by Crippen LogP contribution is 2.30. The number of hydrogen-bond acceptors (Lipinski definition) is 5. The summed E-state index contributed by atoms with van der Waals surface area (Å²) >= 11 is 5.88. The molecule has 8 nitrogen and oxygen atoms in total. The molecule has 2 aromatic rings. The monoisotopic (exact) mass is 444 g/mol. The largest absolute Gasteiger partial charge is 0.343 e. The minimum atomic E-state index is -0.580. The number of likely N-dealkylation sites (tertiary alicyclic amines) is 1. The van der Waals surface area contributed by atoms with E-state index in [0.29, 0.717) is 18.8 Å². The van der Waals surface area contributed by atoms with Crippen LogP contribution in [0.2, 0.25) is 5.02 Å². The van der Waals surface area contributed by atoms with Crippen LogP contribution < -0.4 is 5.32 Å². The van der Waals surface area contributed by atoms with Gasteiger partial charge in [0.1, 0.15) is 11.1 Å². The fraction of sp³-hybridized carbons (Fsp3) is 0.364. The smallest absolute Gasteiger partial charge is 0.289 e. The number of nitro groups is 1. The molecule has 1 saturated heterocycles. The molecule has 0 aromatic heterocycles. The normalized spacial score (nSPS) is 15.8. The molecule has 0 radical (unpaired) electrons. The number of rotatable bonds is 6. The zero-order valence-electron chi connectivity index (χ0n) is 17.5. The van der Waals surface area contributed by atoms with Gasteiger partial charge in [0.05, 0.1) is 4.92 Å². The van der Waals surface area contributed by atoms with Gasteiger partial charge in [-0.2, -0.15) is 0 Å². The fourth-order valence-corrected chi connectivity index (χ4v) is 4.08. The van der Waals surface area contributed by atoms with Crippen molar-refractivity contribution < 1.29 is 14.5 Å². The highest BCUT2D eigenvalue weighted by molar-refractivity contribution is 6.32. The zero-order chi connectivity index (χ0) is 22.5. The first-order valence-electron chi connectivity index (χ1n) is 10.0. The standard InChI is InChI=1S/C22H25ClN4O4/c1-15(28)25(2)18-10-12-26(13-11-18)21(16-6-4-3-5-7-16)22(29)24-17-8-9-19(23)20(14-17)27(30)31/h3-9,14,18,21H,10-13H2,1-2H3,(H,24,29). The number of halogens is 1. The van der Waals surface area contributed by atoms with Crippen molar-refractivity contribution in [2.75, 3.05) is 25.5 Å². The van der Waals surface area contributed by atoms with E-state index in [1.54, 1.807) is 24.9 Å². The highest BCUT2D eigenvalue weighted by Gasteiger charge is 2.33. The number of carbonyl (C=O) groups excluding carboxylic acids is 2. The van der Waals surface area contributed by atoms with Gasteiger partial charge in [0, 0.05) is 44.9 Å². The summed E-state index contributed by atoms with van der Waals surface area (Å²) in [6, 6.07) is 13.2. The predicted molar refractivity (Wildman–Crippen MR) is 119 cm³/mol. The third kappa shape index (κ3) is 5.39. The molecule has 1 unspecified atom stereocenters. The molecular weight excluding hydrogens is 420 g/mol. The van der Waals surface area contributed by atoms with Crippen LogP contribution in [0.1, 0.15) is 31.4 Å². The molecule has 164 valence electrons. The van der Waals surface area contributed by atoms with Crippen LogP contribution in [0.3, 0.4) is 0 Å². The van der Waals surface area contributed by atoms with Crippen molar-refractivity contribution in [1.82, 2.24) is 9.80 Å². The molecule has 0 saturated carbocycles. The molecule has 0 aliphatic carbocycles. The summed E-state index contributed by atoms with van der Waals surface area (Å²) in [4.78, 5) is 39.4. The highest BCUT2D eigenvalue weighted by atomic mass is 35.5. The van der Waals surface area contributed by atoms with E-state index < -0.39 is 11.0 Å². The third-order valence-corrected chi connectivity index (χ3v) is 6.00. The summed E-state index contributed by atoms with van der Waals surface area (Å²) in [5.74, 6) is -0.249. The van der Waals surface area contributed by atoms with Crippen molar-refractivity contribution in [2.45, 2.75) is 31.8 Å². The summed E-state index contributed by atoms with van der Waals surface area (Å²) in [7, 11) is 1.80. The van der Waals surface area contributed by atoms with E-state index in [1.165, 1.54) is 12.1 Å². The molecule has 31 heavy (non-hydrogen) atoms. The average Bonchev–Trinajstić information content (AvgIpc) is 2.75. The molecular formula is C22H25ClN4O4. The average molecular weight is 445 g/mol. The maximum Gasteiger partial charge on any atom is 0.289 e. The number of anilines is 1. The van der Waals surface area contributed by atoms with Crippen molar-refractivity contribution >= 4 is 34.8 Å². The van der Waals surface area contributed by atoms with E-state index >= 15 is 0 Å². The first-order chi connectivity index (χ1) is 14.8. The maximum atomic E-state index is 13.3. The molecule has 1 aliphatic heterocycles. The summed E-state index contributed by atoms with van der Waals surface area (Å²) in [5.41, 5.74) is 0.888. The zero-order valence-corrected chi connectivity index (χ0v) is 18.2. The Morgan fingerprint density at radius 2 is 1.84 bits per heavy atom. The molecule has 1 heterocycles. The molecule has 9 heteroatoms. The van der Waals surface area contributed by atoms with Crippen molar-refractivity contribution in [3.8, 4) is 0 Å². The van der Waals surface area contributed by atoms with Gasteiger partial charge in [-0.05, 0) is 30.5 Å². The van der Waals surface area contributed by atoms with Crippen molar-refractivity contribution in [2.24, 2.45) is 0 Å². The van der Waals surface area contributed by atoms with Gasteiger partial charge >= 0.3 is 0 Å². The quantitative estimate of drug-likeness (QED) is 0.539. The number of nitrogens with zero attached hydrogens (tertiary/aromatic N) is 3. The lowest BCUT2D eigenvalue weighted by Crippen LogP contribution is -2.48. The summed E-state index contributed by atoms with van der Waals surface area (Å²) in [5, 5.41) is 14.0. The summed E-state index contributed by atoms with van der Waals surface area (Å²) in [6.45, 7) is 2.85. The SMILES string of the molecule is CC(=O)N(C)C1CCN(C(C(=O)Nc2ccc(Cl)c([N+](=O)[O-])c2)c2ccccc2)CC1. The second-order valence-corrected chi connectivity index (χ2v) is 8.03. The molecule has 0 bridgehead atoms. The van der Waals surface area contributed by atoms with Gasteiger partial charge in [-0.15, -0.1) is 0 Å². The first-order valence-corrected chi connectivity index (χ1v) is 10.4. The molecule has 1 N–H and O–H groups in total. The Labute approximate surface area is 185 Å². The van der Waals surface area contributed by atoms with E-state index in [1.807, 2.05) is 30.3 Å². The van der Waals surface area contributed by atoms with E-state index in [4.69, 9.17) is 11.6 Å². The Morgan fingerprint density at radius 3 is 2.42 bits per heavy atom. The third-order valence-electron chi connectivity index (χ3n) is 5.68. The van der Waals surface area contributed by atoms with Crippen molar-refractivity contribution in [3.05, 3.63) is 69.2 Å². The second kappa shape index (κ2) is 9.89. The number of carbonyl (C=O) groups is 2. The van der Waals surface area contributed by atoms with Crippen LogP contribution in [0.25, 0.3) is 0 Å². The Bertz CT molecular complexity index is 961. The van der Waals surface area contributed by atoms with Crippen LogP contribution in [0, 0.1) is 10.1 Å². The predicted octanol–water partition coefficient (Wildman–Crippen LogP) is 3.87. The van der Waals surface area contributed by atoms with Gasteiger partial charge in [-0.25, -0.2) is 0 Å². The summed E-state index contributed by atoms with van der Waals surface area (Å²) < 4.78 is 0. The molecule has 1 atom stereocenters. The van der Waals surface area contributed by atoms with Gasteiger partial charge in [0.15, 0.2) is 0 Å². The molecule has 2 amide bonds. The van der Waals surface area contributed by atoms with Gasteiger partial charge in [0.2, 0.25) is 11.8 Å². The van der Waals surface area contributed by atoms with E-state index in [2.05, 4.69) is 10.2 Å². The van der Waals surface area contributed by atoms with E-state index in [9.17, 15) is 19.7 Å². The first kappa shape index (κ1) is 22.7. The van der Waals surface area contributed by atoms with Crippen LogP contribution >= 0.6 is 11.6 Å². The van der Waals surface area contributed by atoms with Crippen LogP contribution in [0.5, 0.6) is 0 Å². The van der Waals surface area contributed by atoms with Crippen molar-refractivity contribution in [3.63, 3.8) is 0 Å². The van der Waals surface area contributed by atoms with E-state index in [0.717, 1.165) is 18.4 Å².